The normalized spacial score (nSPS) is 14.3. The summed E-state index contributed by atoms with van der Waals surface area (Å²) in [5.74, 6) is -0.0996. The number of aromatic nitrogens is 1. The van der Waals surface area contributed by atoms with E-state index in [9.17, 15) is 4.79 Å². The van der Waals surface area contributed by atoms with Crippen LogP contribution in [0.5, 0.6) is 0 Å². The first-order valence-corrected chi connectivity index (χ1v) is 8.01. The van der Waals surface area contributed by atoms with Crippen molar-refractivity contribution < 1.29 is 4.79 Å². The third-order valence-electron chi connectivity index (χ3n) is 3.99. The molecule has 0 unspecified atom stereocenters. The molecule has 0 bridgehead atoms. The summed E-state index contributed by atoms with van der Waals surface area (Å²) in [6, 6.07) is 12.2. The van der Waals surface area contributed by atoms with Crippen LogP contribution < -0.4 is 10.2 Å². The quantitative estimate of drug-likeness (QED) is 0.864. The second kappa shape index (κ2) is 7.58. The van der Waals surface area contributed by atoms with Gasteiger partial charge in [0.25, 0.3) is 0 Å². The van der Waals surface area contributed by atoms with Crippen LogP contribution in [0.4, 0.5) is 5.69 Å². The zero-order valence-corrected chi connectivity index (χ0v) is 13.1. The van der Waals surface area contributed by atoms with Gasteiger partial charge < -0.3 is 10.2 Å². The summed E-state index contributed by atoms with van der Waals surface area (Å²) < 4.78 is 0. The zero-order valence-electron chi connectivity index (χ0n) is 13.1. The molecule has 1 aliphatic heterocycles. The van der Waals surface area contributed by atoms with Crippen LogP contribution in [0.25, 0.3) is 6.08 Å². The first-order chi connectivity index (χ1) is 11.3. The van der Waals surface area contributed by atoms with Gasteiger partial charge >= 0.3 is 0 Å². The predicted molar refractivity (Wildman–Crippen MR) is 93.0 cm³/mol. The fourth-order valence-corrected chi connectivity index (χ4v) is 2.69. The zero-order chi connectivity index (χ0) is 15.9. The van der Waals surface area contributed by atoms with Gasteiger partial charge in [0.2, 0.25) is 5.91 Å². The molecule has 2 aromatic rings. The Hall–Kier alpha value is -2.62. The van der Waals surface area contributed by atoms with Crippen molar-refractivity contribution in [1.82, 2.24) is 10.3 Å². The third-order valence-corrected chi connectivity index (χ3v) is 3.99. The Morgan fingerprint density at radius 2 is 1.96 bits per heavy atom. The first kappa shape index (κ1) is 15.3. The van der Waals surface area contributed by atoms with Gasteiger partial charge in [-0.3, -0.25) is 9.78 Å². The summed E-state index contributed by atoms with van der Waals surface area (Å²) in [5.41, 5.74) is 3.29. The molecule has 0 radical (unpaired) electrons. The Labute approximate surface area is 136 Å². The summed E-state index contributed by atoms with van der Waals surface area (Å²) in [4.78, 5) is 18.3. The van der Waals surface area contributed by atoms with Crippen LogP contribution in [0.2, 0.25) is 0 Å². The van der Waals surface area contributed by atoms with Gasteiger partial charge in [0.15, 0.2) is 0 Å². The van der Waals surface area contributed by atoms with Crippen LogP contribution in [0.1, 0.15) is 24.0 Å². The first-order valence-electron chi connectivity index (χ1n) is 8.01. The molecule has 1 aromatic carbocycles. The van der Waals surface area contributed by atoms with E-state index in [1.165, 1.54) is 24.6 Å². The molecule has 2 heterocycles. The Bertz CT molecular complexity index is 659. The molecule has 1 fully saturated rings. The van der Waals surface area contributed by atoms with E-state index >= 15 is 0 Å². The predicted octanol–water partition coefficient (Wildman–Crippen LogP) is 3.01. The van der Waals surface area contributed by atoms with Gasteiger partial charge in [-0.2, -0.15) is 0 Å². The molecule has 1 saturated heterocycles. The maximum atomic E-state index is 11.8. The molecule has 0 aliphatic carbocycles. The molecule has 1 N–H and O–H groups in total. The molecule has 0 atom stereocenters. The molecule has 3 rings (SSSR count). The number of carbonyl (C=O) groups is 1. The van der Waals surface area contributed by atoms with E-state index in [1.54, 1.807) is 18.5 Å². The number of hydrogen-bond acceptors (Lipinski definition) is 3. The lowest BCUT2D eigenvalue weighted by molar-refractivity contribution is -0.116. The van der Waals surface area contributed by atoms with Gasteiger partial charge in [-0.1, -0.05) is 18.2 Å². The number of hydrogen-bond donors (Lipinski definition) is 1. The van der Waals surface area contributed by atoms with Crippen LogP contribution in [0, 0.1) is 0 Å². The van der Waals surface area contributed by atoms with Gasteiger partial charge in [-0.25, -0.2) is 0 Å². The van der Waals surface area contributed by atoms with Crippen LogP contribution in [-0.4, -0.2) is 24.0 Å². The van der Waals surface area contributed by atoms with Crippen molar-refractivity contribution in [2.75, 3.05) is 18.0 Å². The highest BCUT2D eigenvalue weighted by Gasteiger charge is 2.11. The molecule has 1 aliphatic rings. The Balaban J connectivity index is 1.49. The van der Waals surface area contributed by atoms with E-state index in [1.807, 2.05) is 12.1 Å². The largest absolute Gasteiger partial charge is 0.372 e. The summed E-state index contributed by atoms with van der Waals surface area (Å²) in [7, 11) is 0. The summed E-state index contributed by atoms with van der Waals surface area (Å²) >= 11 is 0. The van der Waals surface area contributed by atoms with Crippen LogP contribution in [-0.2, 0) is 11.3 Å². The maximum absolute atomic E-state index is 11.8. The van der Waals surface area contributed by atoms with Crippen molar-refractivity contribution >= 4 is 17.7 Å². The number of nitrogens with zero attached hydrogens (tertiary/aromatic N) is 2. The minimum absolute atomic E-state index is 0.0996. The minimum atomic E-state index is -0.0996. The second-order valence-corrected chi connectivity index (χ2v) is 5.70. The lowest BCUT2D eigenvalue weighted by Crippen LogP contribution is -2.20. The van der Waals surface area contributed by atoms with Crippen LogP contribution >= 0.6 is 0 Å². The maximum Gasteiger partial charge on any atom is 0.244 e. The van der Waals surface area contributed by atoms with E-state index < -0.39 is 0 Å². The van der Waals surface area contributed by atoms with Crippen molar-refractivity contribution in [3.63, 3.8) is 0 Å². The van der Waals surface area contributed by atoms with Crippen LogP contribution in [0.15, 0.2) is 54.9 Å². The molecule has 118 valence electrons. The highest BCUT2D eigenvalue weighted by molar-refractivity contribution is 5.91. The molecular weight excluding hydrogens is 286 g/mol. The smallest absolute Gasteiger partial charge is 0.244 e. The molecular formula is C19H21N3O. The molecule has 1 amide bonds. The highest BCUT2D eigenvalue weighted by atomic mass is 16.1. The fourth-order valence-electron chi connectivity index (χ4n) is 2.69. The fraction of sp³-hybridized carbons (Fsp3) is 0.263. The number of anilines is 1. The number of nitrogens with one attached hydrogen (secondary N) is 1. The van der Waals surface area contributed by atoms with Crippen molar-refractivity contribution in [3.05, 3.63) is 66.0 Å². The average molecular weight is 307 g/mol. The van der Waals surface area contributed by atoms with Crippen molar-refractivity contribution in [2.45, 2.75) is 19.4 Å². The Kier molecular flexibility index (Phi) is 5.04. The Morgan fingerprint density at radius 3 is 2.65 bits per heavy atom. The SMILES string of the molecule is O=C(/C=C\c1cccnc1)NCc1ccc(N2CCCC2)cc1. The molecule has 0 saturated carbocycles. The standard InChI is InChI=1S/C19H21N3O/c23-19(10-7-16-4-3-11-20-14-16)21-15-17-5-8-18(9-6-17)22-12-1-2-13-22/h3-11,14H,1-2,12-13,15H2,(H,21,23)/b10-7-. The molecule has 4 nitrogen and oxygen atoms in total. The van der Waals surface area contributed by atoms with Crippen molar-refractivity contribution in [2.24, 2.45) is 0 Å². The molecule has 4 heteroatoms. The van der Waals surface area contributed by atoms with Gasteiger partial charge in [0.1, 0.15) is 0 Å². The van der Waals surface area contributed by atoms with E-state index in [2.05, 4.69) is 39.5 Å². The minimum Gasteiger partial charge on any atom is -0.372 e. The van der Waals surface area contributed by atoms with Gasteiger partial charge in [-0.15, -0.1) is 0 Å². The topological polar surface area (TPSA) is 45.2 Å². The summed E-state index contributed by atoms with van der Waals surface area (Å²) in [6.45, 7) is 2.83. The van der Waals surface area contributed by atoms with E-state index in [-0.39, 0.29) is 5.91 Å². The van der Waals surface area contributed by atoms with Crippen molar-refractivity contribution in [3.8, 4) is 0 Å². The molecule has 23 heavy (non-hydrogen) atoms. The molecule has 0 spiro atoms. The monoisotopic (exact) mass is 307 g/mol. The summed E-state index contributed by atoms with van der Waals surface area (Å²) in [6.07, 6.45) is 9.29. The van der Waals surface area contributed by atoms with Gasteiger partial charge in [-0.05, 0) is 48.2 Å². The number of amides is 1. The number of benzene rings is 1. The van der Waals surface area contributed by atoms with Crippen molar-refractivity contribution in [1.29, 1.82) is 0 Å². The number of rotatable bonds is 5. The lowest BCUT2D eigenvalue weighted by atomic mass is 10.2. The van der Waals surface area contributed by atoms with E-state index in [0.717, 1.165) is 24.2 Å². The number of carbonyl (C=O) groups excluding carboxylic acids is 1. The van der Waals surface area contributed by atoms with E-state index in [4.69, 9.17) is 0 Å². The summed E-state index contributed by atoms with van der Waals surface area (Å²) in [5, 5.41) is 2.90. The van der Waals surface area contributed by atoms with Gasteiger partial charge in [0.05, 0.1) is 0 Å². The Morgan fingerprint density at radius 1 is 1.17 bits per heavy atom. The average Bonchev–Trinajstić information content (AvgIpc) is 3.14. The lowest BCUT2D eigenvalue weighted by Gasteiger charge is -2.17. The second-order valence-electron chi connectivity index (χ2n) is 5.70. The molecule has 1 aromatic heterocycles. The van der Waals surface area contributed by atoms with Gasteiger partial charge in [0, 0.05) is 43.8 Å². The van der Waals surface area contributed by atoms with E-state index in [0.29, 0.717) is 6.54 Å². The van der Waals surface area contributed by atoms with Crippen LogP contribution in [0.3, 0.4) is 0 Å². The highest BCUT2D eigenvalue weighted by Crippen LogP contribution is 2.20. The third kappa shape index (κ3) is 4.42. The number of pyridine rings is 1.